The van der Waals surface area contributed by atoms with Gasteiger partial charge in [-0.15, -0.1) is 0 Å². The zero-order valence-corrected chi connectivity index (χ0v) is 18.3. The van der Waals surface area contributed by atoms with Gasteiger partial charge in [0.1, 0.15) is 5.75 Å². The van der Waals surface area contributed by atoms with Crippen molar-refractivity contribution >= 4 is 21.6 Å². The van der Waals surface area contributed by atoms with Crippen LogP contribution in [0, 0.1) is 0 Å². The third-order valence-corrected chi connectivity index (χ3v) is 6.42. The van der Waals surface area contributed by atoms with Crippen molar-refractivity contribution in [3.05, 3.63) is 60.2 Å². The number of nitrogens with zero attached hydrogens (tertiary/aromatic N) is 3. The van der Waals surface area contributed by atoms with Crippen LogP contribution < -0.4 is 9.04 Å². The Morgan fingerprint density at radius 1 is 1.00 bits per heavy atom. The number of carbonyl (C=O) groups excluding carboxylic acids is 1. The molecule has 0 radical (unpaired) electrons. The number of hydrogen-bond donors (Lipinski definition) is 0. The maximum atomic E-state index is 12.5. The minimum absolute atomic E-state index is 0.0262. The summed E-state index contributed by atoms with van der Waals surface area (Å²) in [5.41, 5.74) is 1.86. The summed E-state index contributed by atoms with van der Waals surface area (Å²) in [5.74, 6) is 0.504. The van der Waals surface area contributed by atoms with E-state index in [9.17, 15) is 13.2 Å². The Hall–Kier alpha value is -2.58. The number of sulfonamides is 1. The lowest BCUT2D eigenvalue weighted by atomic mass is 10.2. The van der Waals surface area contributed by atoms with Gasteiger partial charge < -0.3 is 9.64 Å². The van der Waals surface area contributed by atoms with Crippen LogP contribution in [0.15, 0.2) is 54.6 Å². The third kappa shape index (κ3) is 5.96. The lowest BCUT2D eigenvalue weighted by Gasteiger charge is -2.34. The van der Waals surface area contributed by atoms with Crippen molar-refractivity contribution in [2.75, 3.05) is 49.9 Å². The van der Waals surface area contributed by atoms with Crippen LogP contribution in [0.3, 0.4) is 0 Å². The maximum absolute atomic E-state index is 12.5. The molecule has 1 aliphatic rings. The fraction of sp³-hybridized carbons (Fsp3) is 0.409. The van der Waals surface area contributed by atoms with E-state index in [-0.39, 0.29) is 12.5 Å². The van der Waals surface area contributed by atoms with Gasteiger partial charge in [-0.25, -0.2) is 8.42 Å². The molecule has 0 unspecified atom stereocenters. The fourth-order valence-electron chi connectivity index (χ4n) is 3.55. The van der Waals surface area contributed by atoms with Gasteiger partial charge in [0.25, 0.3) is 5.91 Å². The number of carbonyl (C=O) groups is 1. The molecule has 162 valence electrons. The predicted octanol–water partition coefficient (Wildman–Crippen LogP) is 2.20. The summed E-state index contributed by atoms with van der Waals surface area (Å²) < 4.78 is 30.6. The lowest BCUT2D eigenvalue weighted by Crippen LogP contribution is -2.49. The van der Waals surface area contributed by atoms with Crippen molar-refractivity contribution in [1.29, 1.82) is 0 Å². The van der Waals surface area contributed by atoms with Gasteiger partial charge in [-0.1, -0.05) is 30.3 Å². The maximum Gasteiger partial charge on any atom is 0.260 e. The first-order valence-electron chi connectivity index (χ1n) is 10.1. The molecule has 1 saturated heterocycles. The van der Waals surface area contributed by atoms with Crippen LogP contribution in [0.1, 0.15) is 12.5 Å². The van der Waals surface area contributed by atoms with Gasteiger partial charge >= 0.3 is 0 Å². The second-order valence-corrected chi connectivity index (χ2v) is 9.26. The van der Waals surface area contributed by atoms with Crippen LogP contribution in [0.25, 0.3) is 0 Å². The average molecular weight is 432 g/mol. The van der Waals surface area contributed by atoms with Crippen molar-refractivity contribution in [2.45, 2.75) is 13.5 Å². The summed E-state index contributed by atoms with van der Waals surface area (Å²) >= 11 is 0. The highest BCUT2D eigenvalue weighted by atomic mass is 32.2. The second-order valence-electron chi connectivity index (χ2n) is 7.35. The van der Waals surface area contributed by atoms with E-state index in [1.807, 2.05) is 23.1 Å². The van der Waals surface area contributed by atoms with E-state index in [1.54, 1.807) is 31.2 Å². The fourth-order valence-corrected chi connectivity index (χ4v) is 4.52. The summed E-state index contributed by atoms with van der Waals surface area (Å²) in [5, 5.41) is 0. The molecule has 1 heterocycles. The highest BCUT2D eigenvalue weighted by Crippen LogP contribution is 2.21. The molecule has 8 heteroatoms. The number of amides is 1. The monoisotopic (exact) mass is 431 g/mol. The first-order chi connectivity index (χ1) is 14.4. The second kappa shape index (κ2) is 9.95. The molecule has 1 aliphatic heterocycles. The van der Waals surface area contributed by atoms with Crippen molar-refractivity contribution in [3.8, 4) is 5.75 Å². The summed E-state index contributed by atoms with van der Waals surface area (Å²) in [6, 6.07) is 17.1. The molecular formula is C22H29N3O4S. The molecule has 2 aromatic carbocycles. The molecule has 0 bridgehead atoms. The molecule has 0 N–H and O–H groups in total. The Morgan fingerprint density at radius 3 is 2.20 bits per heavy atom. The van der Waals surface area contributed by atoms with E-state index >= 15 is 0 Å². The highest BCUT2D eigenvalue weighted by Gasteiger charge is 2.21. The Kier molecular flexibility index (Phi) is 7.33. The molecule has 0 saturated carbocycles. The molecule has 2 aromatic rings. The molecule has 1 amide bonds. The van der Waals surface area contributed by atoms with Gasteiger partial charge in [0.15, 0.2) is 6.61 Å². The topological polar surface area (TPSA) is 70.2 Å². The Morgan fingerprint density at radius 2 is 1.63 bits per heavy atom. The van der Waals surface area contributed by atoms with Crippen molar-refractivity contribution in [2.24, 2.45) is 0 Å². The van der Waals surface area contributed by atoms with Gasteiger partial charge in [0.2, 0.25) is 10.0 Å². The van der Waals surface area contributed by atoms with Gasteiger partial charge in [0.05, 0.1) is 11.9 Å². The van der Waals surface area contributed by atoms with E-state index in [2.05, 4.69) is 17.0 Å². The molecule has 7 nitrogen and oxygen atoms in total. The number of benzene rings is 2. The lowest BCUT2D eigenvalue weighted by molar-refractivity contribution is -0.135. The van der Waals surface area contributed by atoms with Crippen LogP contribution in [0.2, 0.25) is 0 Å². The number of hydrogen-bond acceptors (Lipinski definition) is 5. The minimum atomic E-state index is -3.32. The first-order valence-corrected chi connectivity index (χ1v) is 12.0. The van der Waals surface area contributed by atoms with Gasteiger partial charge in [-0.05, 0) is 36.8 Å². The summed E-state index contributed by atoms with van der Waals surface area (Å²) in [6.45, 7) is 6.07. The number of piperazine rings is 1. The molecule has 3 rings (SSSR count). The van der Waals surface area contributed by atoms with E-state index in [0.29, 0.717) is 31.1 Å². The Balaban J connectivity index is 1.46. The Bertz CT molecular complexity index is 925. The molecular weight excluding hydrogens is 402 g/mol. The van der Waals surface area contributed by atoms with Gasteiger partial charge in [-0.3, -0.25) is 14.0 Å². The van der Waals surface area contributed by atoms with E-state index in [1.165, 1.54) is 16.1 Å². The zero-order valence-electron chi connectivity index (χ0n) is 17.5. The first kappa shape index (κ1) is 22.1. The third-order valence-electron chi connectivity index (χ3n) is 5.15. The summed E-state index contributed by atoms with van der Waals surface area (Å²) in [7, 11) is -3.32. The minimum Gasteiger partial charge on any atom is -0.484 e. The standard InChI is InChI=1S/C22H29N3O4S/c1-3-25(30(2,27)28)20-9-11-21(12-10-20)29-18-22(26)24-15-13-23(14-16-24)17-19-7-5-4-6-8-19/h4-12H,3,13-18H2,1-2H3. The SMILES string of the molecule is CCN(c1ccc(OCC(=O)N2CCN(Cc3ccccc3)CC2)cc1)S(C)(=O)=O. The van der Waals surface area contributed by atoms with Crippen LogP contribution >= 0.6 is 0 Å². The molecule has 30 heavy (non-hydrogen) atoms. The Labute approximate surface area is 178 Å². The highest BCUT2D eigenvalue weighted by molar-refractivity contribution is 7.92. The number of rotatable bonds is 8. The smallest absolute Gasteiger partial charge is 0.260 e. The normalized spacial score (nSPS) is 15.1. The number of ether oxygens (including phenoxy) is 1. The van der Waals surface area contributed by atoms with E-state index in [4.69, 9.17) is 4.74 Å². The quantitative estimate of drug-likeness (QED) is 0.641. The van der Waals surface area contributed by atoms with E-state index in [0.717, 1.165) is 19.6 Å². The number of anilines is 1. The van der Waals surface area contributed by atoms with Crippen molar-refractivity contribution < 1.29 is 17.9 Å². The van der Waals surface area contributed by atoms with Gasteiger partial charge in [0, 0.05) is 39.3 Å². The molecule has 0 aliphatic carbocycles. The van der Waals surface area contributed by atoms with Crippen LogP contribution in [0.4, 0.5) is 5.69 Å². The molecule has 0 spiro atoms. The zero-order chi connectivity index (χ0) is 21.6. The summed E-state index contributed by atoms with van der Waals surface area (Å²) in [6.07, 6.45) is 1.18. The van der Waals surface area contributed by atoms with Crippen LogP contribution in [-0.4, -0.2) is 69.7 Å². The molecule has 0 atom stereocenters. The largest absolute Gasteiger partial charge is 0.484 e. The van der Waals surface area contributed by atoms with Crippen molar-refractivity contribution in [1.82, 2.24) is 9.80 Å². The van der Waals surface area contributed by atoms with Crippen LogP contribution in [-0.2, 0) is 21.4 Å². The van der Waals surface area contributed by atoms with E-state index < -0.39 is 10.0 Å². The molecule has 1 fully saturated rings. The summed E-state index contributed by atoms with van der Waals surface area (Å²) in [4.78, 5) is 16.7. The van der Waals surface area contributed by atoms with Crippen molar-refractivity contribution in [3.63, 3.8) is 0 Å². The van der Waals surface area contributed by atoms with Gasteiger partial charge in [-0.2, -0.15) is 0 Å². The molecule has 0 aromatic heterocycles. The van der Waals surface area contributed by atoms with Crippen LogP contribution in [0.5, 0.6) is 5.75 Å². The predicted molar refractivity (Wildman–Crippen MR) is 118 cm³/mol. The average Bonchev–Trinajstić information content (AvgIpc) is 2.74.